The molecule has 0 bridgehead atoms. The van der Waals surface area contributed by atoms with E-state index in [2.05, 4.69) is 39.8 Å². The monoisotopic (exact) mass is 502 g/mol. The number of benzene rings is 2. The average molecular weight is 503 g/mol. The van der Waals surface area contributed by atoms with Crippen LogP contribution in [-0.2, 0) is 0 Å². The highest BCUT2D eigenvalue weighted by Gasteiger charge is 2.19. The molecule has 5 aromatic rings. The molecular weight excluding hydrogens is 476 g/mol. The van der Waals surface area contributed by atoms with Gasteiger partial charge < -0.3 is 23.9 Å². The first-order valence-electron chi connectivity index (χ1n) is 11.6. The van der Waals surface area contributed by atoms with Gasteiger partial charge in [-0.1, -0.05) is 17.7 Å². The Labute approximate surface area is 214 Å². The van der Waals surface area contributed by atoms with Gasteiger partial charge in [0.1, 0.15) is 28.6 Å². The molecule has 0 radical (unpaired) electrons. The van der Waals surface area contributed by atoms with Crippen molar-refractivity contribution in [1.82, 2.24) is 24.1 Å². The van der Waals surface area contributed by atoms with E-state index in [1.54, 1.807) is 20.5 Å². The summed E-state index contributed by atoms with van der Waals surface area (Å²) in [6, 6.07) is 15.8. The second kappa shape index (κ2) is 9.54. The summed E-state index contributed by atoms with van der Waals surface area (Å²) in [7, 11) is 3.22. The molecule has 0 atom stereocenters. The van der Waals surface area contributed by atoms with Gasteiger partial charge in [0.2, 0.25) is 5.88 Å². The van der Waals surface area contributed by atoms with Crippen LogP contribution in [0.1, 0.15) is 25.6 Å². The van der Waals surface area contributed by atoms with E-state index >= 15 is 0 Å². The van der Waals surface area contributed by atoms with Crippen LogP contribution in [0.3, 0.4) is 0 Å². The van der Waals surface area contributed by atoms with Crippen molar-refractivity contribution in [3.8, 4) is 28.7 Å². The highest BCUT2D eigenvalue weighted by Crippen LogP contribution is 2.36. The third-order valence-electron chi connectivity index (χ3n) is 5.93. The molecule has 0 spiro atoms. The Morgan fingerprint density at radius 1 is 1.00 bits per heavy atom. The molecule has 2 aromatic carbocycles. The zero-order valence-corrected chi connectivity index (χ0v) is 21.5. The standard InChI is InChI=1S/C27H27ClN6O2/c1-16(2)34-21-8-6-7-20(25(21)32-26(34)18-9-10-19(28)23(13-18)35-4)30-24-12-11-22(27(31-24)36-5)33-14-17(3)29-15-33/h6-16H,1-5H3,(H,30,31). The maximum atomic E-state index is 6.27. The molecule has 36 heavy (non-hydrogen) atoms. The Balaban J connectivity index is 1.58. The molecule has 3 aromatic heterocycles. The average Bonchev–Trinajstić information content (AvgIpc) is 3.48. The Hall–Kier alpha value is -4.04. The number of para-hydroxylation sites is 1. The van der Waals surface area contributed by atoms with E-state index in [0.717, 1.165) is 39.5 Å². The molecule has 3 heterocycles. The molecule has 0 aliphatic carbocycles. The van der Waals surface area contributed by atoms with Crippen molar-refractivity contribution in [2.75, 3.05) is 19.5 Å². The minimum Gasteiger partial charge on any atom is -0.495 e. The van der Waals surface area contributed by atoms with Crippen molar-refractivity contribution in [3.63, 3.8) is 0 Å². The lowest BCUT2D eigenvalue weighted by atomic mass is 10.2. The van der Waals surface area contributed by atoms with Crippen molar-refractivity contribution in [3.05, 3.63) is 71.8 Å². The first kappa shape index (κ1) is 23.7. The summed E-state index contributed by atoms with van der Waals surface area (Å²) in [4.78, 5) is 14.0. The summed E-state index contributed by atoms with van der Waals surface area (Å²) in [5, 5.41) is 3.99. The van der Waals surface area contributed by atoms with Gasteiger partial charge in [-0.2, -0.15) is 4.98 Å². The van der Waals surface area contributed by atoms with Crippen LogP contribution in [0.15, 0.2) is 61.1 Å². The summed E-state index contributed by atoms with van der Waals surface area (Å²) >= 11 is 6.27. The zero-order chi connectivity index (χ0) is 25.4. The number of nitrogens with zero attached hydrogens (tertiary/aromatic N) is 5. The topological polar surface area (TPSA) is 79.0 Å². The largest absolute Gasteiger partial charge is 0.495 e. The Morgan fingerprint density at radius 2 is 1.83 bits per heavy atom. The number of pyridine rings is 1. The van der Waals surface area contributed by atoms with Crippen LogP contribution in [0, 0.1) is 6.92 Å². The SMILES string of the molecule is COc1cc(-c2nc3c(Nc4ccc(-n5cnc(C)c5)c(OC)n4)cccc3n2C(C)C)ccc1Cl. The number of rotatable bonds is 7. The number of nitrogens with one attached hydrogen (secondary N) is 1. The lowest BCUT2D eigenvalue weighted by Crippen LogP contribution is -2.03. The number of imidazole rings is 2. The fraction of sp³-hybridized carbons (Fsp3) is 0.222. The highest BCUT2D eigenvalue weighted by atomic mass is 35.5. The molecule has 1 N–H and O–H groups in total. The maximum absolute atomic E-state index is 6.27. The number of hydrogen-bond donors (Lipinski definition) is 1. The Kier molecular flexibility index (Phi) is 6.28. The number of anilines is 2. The van der Waals surface area contributed by atoms with Crippen LogP contribution < -0.4 is 14.8 Å². The fourth-order valence-electron chi connectivity index (χ4n) is 4.28. The third-order valence-corrected chi connectivity index (χ3v) is 6.24. The zero-order valence-electron chi connectivity index (χ0n) is 20.8. The van der Waals surface area contributed by atoms with Crippen molar-refractivity contribution in [1.29, 1.82) is 0 Å². The quantitative estimate of drug-likeness (QED) is 0.270. The van der Waals surface area contributed by atoms with Gasteiger partial charge in [-0.05, 0) is 63.2 Å². The van der Waals surface area contributed by atoms with Crippen LogP contribution in [0.4, 0.5) is 11.5 Å². The van der Waals surface area contributed by atoms with Gasteiger partial charge in [0.15, 0.2) is 0 Å². The van der Waals surface area contributed by atoms with Crippen LogP contribution in [-0.4, -0.2) is 38.3 Å². The number of ether oxygens (including phenoxy) is 2. The number of aromatic nitrogens is 5. The van der Waals surface area contributed by atoms with E-state index in [4.69, 9.17) is 26.1 Å². The molecule has 0 aliphatic rings. The number of aryl methyl sites for hydroxylation is 1. The fourth-order valence-corrected chi connectivity index (χ4v) is 4.48. The van der Waals surface area contributed by atoms with Gasteiger partial charge in [-0.15, -0.1) is 0 Å². The second-order valence-electron chi connectivity index (χ2n) is 8.69. The lowest BCUT2D eigenvalue weighted by Gasteiger charge is -2.14. The van der Waals surface area contributed by atoms with Crippen molar-refractivity contribution < 1.29 is 9.47 Å². The maximum Gasteiger partial charge on any atom is 0.240 e. The molecular formula is C27H27ClN6O2. The lowest BCUT2D eigenvalue weighted by molar-refractivity contribution is 0.396. The van der Waals surface area contributed by atoms with E-state index in [-0.39, 0.29) is 6.04 Å². The minimum absolute atomic E-state index is 0.179. The summed E-state index contributed by atoms with van der Waals surface area (Å²) in [5.74, 6) is 2.58. The Bertz CT molecular complexity index is 1560. The van der Waals surface area contributed by atoms with Gasteiger partial charge in [0.25, 0.3) is 0 Å². The molecule has 9 heteroatoms. The minimum atomic E-state index is 0.179. The van der Waals surface area contributed by atoms with Gasteiger partial charge in [-0.25, -0.2) is 9.97 Å². The van der Waals surface area contributed by atoms with Gasteiger partial charge in [-0.3, -0.25) is 0 Å². The number of hydrogen-bond acceptors (Lipinski definition) is 6. The van der Waals surface area contributed by atoms with E-state index in [1.165, 1.54) is 0 Å². The summed E-state index contributed by atoms with van der Waals surface area (Å²) in [6.45, 7) is 6.22. The van der Waals surface area contributed by atoms with Crippen LogP contribution in [0.5, 0.6) is 11.6 Å². The molecule has 0 saturated heterocycles. The van der Waals surface area contributed by atoms with Crippen molar-refractivity contribution in [2.45, 2.75) is 26.8 Å². The molecule has 0 unspecified atom stereocenters. The first-order valence-corrected chi connectivity index (χ1v) is 11.9. The molecule has 0 fully saturated rings. The highest BCUT2D eigenvalue weighted by molar-refractivity contribution is 6.32. The molecule has 0 amide bonds. The smallest absolute Gasteiger partial charge is 0.240 e. The molecule has 0 saturated carbocycles. The first-order chi connectivity index (χ1) is 17.4. The van der Waals surface area contributed by atoms with E-state index in [1.807, 2.05) is 60.2 Å². The van der Waals surface area contributed by atoms with Crippen LogP contribution >= 0.6 is 11.6 Å². The third kappa shape index (κ3) is 4.24. The van der Waals surface area contributed by atoms with Crippen molar-refractivity contribution >= 4 is 34.1 Å². The predicted molar refractivity (Wildman–Crippen MR) is 143 cm³/mol. The molecule has 8 nitrogen and oxygen atoms in total. The number of halogens is 1. The molecule has 5 rings (SSSR count). The van der Waals surface area contributed by atoms with Gasteiger partial charge >= 0.3 is 0 Å². The summed E-state index contributed by atoms with van der Waals surface area (Å²) < 4.78 is 15.1. The van der Waals surface area contributed by atoms with Crippen molar-refractivity contribution in [2.24, 2.45) is 0 Å². The van der Waals surface area contributed by atoms with Gasteiger partial charge in [0, 0.05) is 17.8 Å². The summed E-state index contributed by atoms with van der Waals surface area (Å²) in [5.41, 5.74) is 5.34. The second-order valence-corrected chi connectivity index (χ2v) is 9.10. The Morgan fingerprint density at radius 3 is 2.53 bits per heavy atom. The van der Waals surface area contributed by atoms with E-state index < -0.39 is 0 Å². The normalized spacial score (nSPS) is 11.3. The predicted octanol–water partition coefficient (Wildman–Crippen LogP) is 6.59. The molecule has 184 valence electrons. The van der Waals surface area contributed by atoms with E-state index in [9.17, 15) is 0 Å². The van der Waals surface area contributed by atoms with Crippen LogP contribution in [0.25, 0.3) is 28.1 Å². The molecule has 0 aliphatic heterocycles. The van der Waals surface area contributed by atoms with E-state index in [0.29, 0.717) is 22.5 Å². The summed E-state index contributed by atoms with van der Waals surface area (Å²) in [6.07, 6.45) is 3.67. The number of fused-ring (bicyclic) bond motifs is 1. The van der Waals surface area contributed by atoms with Gasteiger partial charge in [0.05, 0.1) is 42.5 Å². The number of methoxy groups -OCH3 is 2. The van der Waals surface area contributed by atoms with Crippen LogP contribution in [0.2, 0.25) is 5.02 Å².